The molecule has 1 aliphatic rings. The number of halogens is 1. The number of aliphatic hydroxyl groups is 4. The topological polar surface area (TPSA) is 128 Å². The maximum absolute atomic E-state index is 10.8. The van der Waals surface area contributed by atoms with Crippen LogP contribution in [0.3, 0.4) is 0 Å². The average Bonchev–Trinajstić information content (AvgIpc) is 2.88. The summed E-state index contributed by atoms with van der Waals surface area (Å²) in [6.45, 7) is -0.597. The van der Waals surface area contributed by atoms with Gasteiger partial charge in [0, 0.05) is 10.6 Å². The quantitative estimate of drug-likeness (QED) is 0.382. The zero-order chi connectivity index (χ0) is 25.3. The van der Waals surface area contributed by atoms with Crippen LogP contribution >= 0.6 is 23.8 Å². The molecule has 0 amide bonds. The fourth-order valence-corrected chi connectivity index (χ4v) is 4.60. The number of benzene rings is 2. The second-order valence-electron chi connectivity index (χ2n) is 8.06. The predicted molar refractivity (Wildman–Crippen MR) is 131 cm³/mol. The Morgan fingerprint density at radius 1 is 1.03 bits per heavy atom. The fourth-order valence-electron chi connectivity index (χ4n) is 4.12. The standard InChI is InChI=1S/C25H23ClN2O6S/c1-33-16-8-4-13(5-9-16)17-10-19(14-2-6-15(26)7-3-14)28(25(35)18(17)11-27)24-23(32)22(31)21(30)20(12-29)34-24/h2-10,20-24,29-32H,12H2,1H3/t20-,21+,22+,23+,24+/m0/s1. The van der Waals surface area contributed by atoms with E-state index in [2.05, 4.69) is 6.07 Å². The van der Waals surface area contributed by atoms with Gasteiger partial charge < -0.3 is 34.5 Å². The first-order chi connectivity index (χ1) is 16.8. The smallest absolute Gasteiger partial charge is 0.164 e. The molecule has 35 heavy (non-hydrogen) atoms. The Labute approximate surface area is 211 Å². The number of nitrogens with zero attached hydrogens (tertiary/aromatic N) is 2. The van der Waals surface area contributed by atoms with E-state index in [-0.39, 0.29) is 10.2 Å². The molecule has 2 aromatic carbocycles. The molecule has 0 saturated carbocycles. The highest BCUT2D eigenvalue weighted by molar-refractivity contribution is 7.71. The first kappa shape index (κ1) is 25.3. The van der Waals surface area contributed by atoms with Gasteiger partial charge in [-0.3, -0.25) is 0 Å². The molecule has 4 rings (SSSR count). The summed E-state index contributed by atoms with van der Waals surface area (Å²) in [5.41, 5.74) is 2.54. The number of aliphatic hydroxyl groups excluding tert-OH is 4. The summed E-state index contributed by atoms with van der Waals surface area (Å²) in [5, 5.41) is 51.7. The van der Waals surface area contributed by atoms with Gasteiger partial charge in [-0.1, -0.05) is 48.1 Å². The van der Waals surface area contributed by atoms with Crippen LogP contribution in [0.5, 0.6) is 5.75 Å². The van der Waals surface area contributed by atoms with Gasteiger partial charge in [-0.2, -0.15) is 5.26 Å². The second kappa shape index (κ2) is 10.4. The van der Waals surface area contributed by atoms with Crippen molar-refractivity contribution in [2.75, 3.05) is 13.7 Å². The molecule has 4 N–H and O–H groups in total. The van der Waals surface area contributed by atoms with Crippen LogP contribution in [0.25, 0.3) is 22.4 Å². The predicted octanol–water partition coefficient (Wildman–Crippen LogP) is 3.06. The van der Waals surface area contributed by atoms with E-state index in [0.717, 1.165) is 0 Å². The van der Waals surface area contributed by atoms with Gasteiger partial charge in [-0.25, -0.2) is 0 Å². The molecule has 1 saturated heterocycles. The van der Waals surface area contributed by atoms with E-state index in [9.17, 15) is 25.7 Å². The Morgan fingerprint density at radius 2 is 1.66 bits per heavy atom. The van der Waals surface area contributed by atoms with Crippen molar-refractivity contribution >= 4 is 23.8 Å². The summed E-state index contributed by atoms with van der Waals surface area (Å²) in [5.74, 6) is 0.649. The summed E-state index contributed by atoms with van der Waals surface area (Å²) >= 11 is 11.8. The van der Waals surface area contributed by atoms with Crippen LogP contribution in [0.2, 0.25) is 5.02 Å². The van der Waals surface area contributed by atoms with Crippen LogP contribution < -0.4 is 4.74 Å². The molecular formula is C25H23ClN2O6S. The van der Waals surface area contributed by atoms with E-state index in [1.54, 1.807) is 61.7 Å². The van der Waals surface area contributed by atoms with Crippen molar-refractivity contribution in [1.29, 1.82) is 5.26 Å². The summed E-state index contributed by atoms with van der Waals surface area (Å²) in [6, 6.07) is 17.9. The van der Waals surface area contributed by atoms with E-state index in [4.69, 9.17) is 33.3 Å². The van der Waals surface area contributed by atoms with Gasteiger partial charge in [0.1, 0.15) is 40.9 Å². The van der Waals surface area contributed by atoms with Crippen molar-refractivity contribution in [2.24, 2.45) is 0 Å². The number of rotatable bonds is 5. The maximum atomic E-state index is 10.8. The molecule has 0 radical (unpaired) electrons. The van der Waals surface area contributed by atoms with Crippen LogP contribution in [0.15, 0.2) is 54.6 Å². The molecule has 5 atom stereocenters. The highest BCUT2D eigenvalue weighted by Crippen LogP contribution is 2.37. The normalized spacial score (nSPS) is 24.1. The summed E-state index contributed by atoms with van der Waals surface area (Å²) in [7, 11) is 1.56. The van der Waals surface area contributed by atoms with Crippen LogP contribution in [0.1, 0.15) is 11.8 Å². The van der Waals surface area contributed by atoms with Crippen molar-refractivity contribution in [3.8, 4) is 34.2 Å². The first-order valence-electron chi connectivity index (χ1n) is 10.7. The zero-order valence-electron chi connectivity index (χ0n) is 18.6. The van der Waals surface area contributed by atoms with Crippen molar-refractivity contribution in [1.82, 2.24) is 4.57 Å². The highest BCUT2D eigenvalue weighted by atomic mass is 35.5. The maximum Gasteiger partial charge on any atom is 0.164 e. The third kappa shape index (κ3) is 4.70. The molecule has 1 aromatic heterocycles. The van der Waals surface area contributed by atoms with Gasteiger partial charge in [-0.05, 0) is 41.5 Å². The summed E-state index contributed by atoms with van der Waals surface area (Å²) in [4.78, 5) is 0. The molecule has 0 bridgehead atoms. The van der Waals surface area contributed by atoms with Crippen LogP contribution in [0, 0.1) is 16.0 Å². The molecule has 8 nitrogen and oxygen atoms in total. The monoisotopic (exact) mass is 514 g/mol. The van der Waals surface area contributed by atoms with Gasteiger partial charge in [0.05, 0.1) is 25.0 Å². The van der Waals surface area contributed by atoms with Crippen LogP contribution in [-0.4, -0.2) is 63.1 Å². The van der Waals surface area contributed by atoms with Gasteiger partial charge in [0.2, 0.25) is 0 Å². The third-order valence-corrected chi connectivity index (χ3v) is 6.67. The summed E-state index contributed by atoms with van der Waals surface area (Å²) < 4.78 is 12.5. The number of pyridine rings is 1. The minimum absolute atomic E-state index is 0.0510. The fraction of sp³-hybridized carbons (Fsp3) is 0.280. The minimum Gasteiger partial charge on any atom is -0.497 e. The van der Waals surface area contributed by atoms with Gasteiger partial charge in [-0.15, -0.1) is 0 Å². The van der Waals surface area contributed by atoms with E-state index >= 15 is 0 Å². The lowest BCUT2D eigenvalue weighted by atomic mass is 9.95. The second-order valence-corrected chi connectivity index (χ2v) is 8.88. The molecule has 3 aromatic rings. The van der Waals surface area contributed by atoms with Gasteiger partial charge in [0.15, 0.2) is 6.23 Å². The molecule has 1 aliphatic heterocycles. The molecular weight excluding hydrogens is 492 g/mol. The molecule has 182 valence electrons. The Hall–Kier alpha value is -2.81. The van der Waals surface area contributed by atoms with Crippen molar-refractivity contribution in [3.05, 3.63) is 69.8 Å². The van der Waals surface area contributed by atoms with Gasteiger partial charge >= 0.3 is 0 Å². The lowest BCUT2D eigenvalue weighted by molar-refractivity contribution is -0.251. The Morgan fingerprint density at radius 3 is 2.23 bits per heavy atom. The van der Waals surface area contributed by atoms with Crippen LogP contribution in [-0.2, 0) is 4.74 Å². The SMILES string of the molecule is COc1ccc(-c2cc(-c3ccc(Cl)cc3)n([C@@H]3O[C@@H](CO)[C@@H](O)[C@@H](O)[C@H]3O)c(=S)c2C#N)cc1. The number of hydrogen-bond donors (Lipinski definition) is 4. The van der Waals surface area contributed by atoms with Gasteiger partial charge in [0.25, 0.3) is 0 Å². The molecule has 1 fully saturated rings. The minimum atomic E-state index is -1.61. The lowest BCUT2D eigenvalue weighted by Crippen LogP contribution is -2.56. The highest BCUT2D eigenvalue weighted by Gasteiger charge is 2.45. The molecule has 2 heterocycles. The Bertz CT molecular complexity index is 1300. The Kier molecular flexibility index (Phi) is 7.54. The van der Waals surface area contributed by atoms with E-state index in [1.807, 2.05) is 0 Å². The van der Waals surface area contributed by atoms with Crippen LogP contribution in [0.4, 0.5) is 0 Å². The number of ether oxygens (including phenoxy) is 2. The molecule has 0 spiro atoms. The zero-order valence-corrected chi connectivity index (χ0v) is 20.1. The average molecular weight is 515 g/mol. The Balaban J connectivity index is 1.99. The number of aromatic nitrogens is 1. The largest absolute Gasteiger partial charge is 0.497 e. The number of nitriles is 1. The van der Waals surface area contributed by atoms with E-state index in [0.29, 0.717) is 33.2 Å². The van der Waals surface area contributed by atoms with E-state index < -0.39 is 37.3 Å². The van der Waals surface area contributed by atoms with Crippen molar-refractivity contribution in [2.45, 2.75) is 30.6 Å². The van der Waals surface area contributed by atoms with Crippen molar-refractivity contribution < 1.29 is 29.9 Å². The lowest BCUT2D eigenvalue weighted by Gasteiger charge is -2.41. The number of methoxy groups -OCH3 is 1. The molecule has 0 aliphatic carbocycles. The molecule has 10 heteroatoms. The third-order valence-electron chi connectivity index (χ3n) is 6.02. The number of hydrogen-bond acceptors (Lipinski definition) is 8. The van der Waals surface area contributed by atoms with E-state index in [1.165, 1.54) is 4.57 Å². The van der Waals surface area contributed by atoms with Crippen molar-refractivity contribution in [3.63, 3.8) is 0 Å². The first-order valence-corrected chi connectivity index (χ1v) is 11.5. The molecule has 0 unspecified atom stereocenters. The summed E-state index contributed by atoms with van der Waals surface area (Å²) in [6.07, 6.45) is -7.18.